The first kappa shape index (κ1) is 25.0. The van der Waals surface area contributed by atoms with Crippen LogP contribution in [0.1, 0.15) is 100 Å². The van der Waals surface area contributed by atoms with Crippen molar-refractivity contribution < 1.29 is 20.1 Å². The zero-order chi connectivity index (χ0) is 25.1. The van der Waals surface area contributed by atoms with Gasteiger partial charge >= 0.3 is 0 Å². The Hall–Kier alpha value is -0.680. The Morgan fingerprint density at radius 3 is 2.15 bits per heavy atom. The van der Waals surface area contributed by atoms with Gasteiger partial charge in [-0.05, 0) is 99.0 Å². The highest BCUT2D eigenvalue weighted by Crippen LogP contribution is 2.75. The lowest BCUT2D eigenvalue weighted by molar-refractivity contribution is -0.185. The molecule has 0 bridgehead atoms. The van der Waals surface area contributed by atoms with Crippen molar-refractivity contribution in [2.24, 2.45) is 33.5 Å². The van der Waals surface area contributed by atoms with Crippen molar-refractivity contribution in [1.29, 1.82) is 0 Å². The lowest BCUT2D eigenvalue weighted by Gasteiger charge is -2.64. The molecule has 0 aromatic rings. The van der Waals surface area contributed by atoms with Gasteiger partial charge in [-0.2, -0.15) is 0 Å². The molecule has 0 amide bonds. The molecule has 0 spiro atoms. The zero-order valence-corrected chi connectivity index (χ0v) is 22.7. The van der Waals surface area contributed by atoms with Crippen molar-refractivity contribution in [2.45, 2.75) is 130 Å². The summed E-state index contributed by atoms with van der Waals surface area (Å²) in [6.07, 6.45) is 10.3. The van der Waals surface area contributed by atoms with E-state index >= 15 is 0 Å². The number of aliphatic hydroxyl groups excluding tert-OH is 2. The molecular weight excluding hydrogens is 424 g/mol. The molecular formula is C30H48O4. The molecule has 1 heterocycles. The van der Waals surface area contributed by atoms with Crippen LogP contribution in [-0.4, -0.2) is 44.8 Å². The van der Waals surface area contributed by atoms with Gasteiger partial charge in [0.2, 0.25) is 0 Å². The second-order valence-corrected chi connectivity index (χ2v) is 14.6. The molecule has 2 saturated carbocycles. The van der Waals surface area contributed by atoms with E-state index in [2.05, 4.69) is 53.7 Å². The van der Waals surface area contributed by atoms with Gasteiger partial charge in [0.05, 0.1) is 29.5 Å². The van der Waals surface area contributed by atoms with Crippen molar-refractivity contribution in [3.8, 4) is 0 Å². The van der Waals surface area contributed by atoms with E-state index in [0.717, 1.165) is 44.9 Å². The third-order valence-corrected chi connectivity index (χ3v) is 12.0. The molecule has 4 heteroatoms. The minimum atomic E-state index is -0.869. The van der Waals surface area contributed by atoms with Crippen LogP contribution in [0.15, 0.2) is 23.3 Å². The van der Waals surface area contributed by atoms with Gasteiger partial charge < -0.3 is 20.1 Å². The van der Waals surface area contributed by atoms with E-state index in [1.807, 2.05) is 13.8 Å². The van der Waals surface area contributed by atoms with Crippen LogP contribution in [0.3, 0.4) is 0 Å². The summed E-state index contributed by atoms with van der Waals surface area (Å²) in [5.41, 5.74) is 1.34. The predicted molar refractivity (Wildman–Crippen MR) is 135 cm³/mol. The molecule has 0 radical (unpaired) electrons. The molecule has 9 atom stereocenters. The van der Waals surface area contributed by atoms with Gasteiger partial charge in [0.25, 0.3) is 0 Å². The minimum absolute atomic E-state index is 0.00759. The number of rotatable bonds is 2. The lowest BCUT2D eigenvalue weighted by atomic mass is 9.40. The third-order valence-electron chi connectivity index (χ3n) is 12.0. The van der Waals surface area contributed by atoms with Gasteiger partial charge in [-0.15, -0.1) is 0 Å². The minimum Gasteiger partial charge on any atom is -0.393 e. The maximum absolute atomic E-state index is 11.7. The summed E-state index contributed by atoms with van der Waals surface area (Å²) in [5.74, 6) is 0.514. The summed E-state index contributed by atoms with van der Waals surface area (Å²) in [6, 6.07) is 0. The molecule has 0 aromatic carbocycles. The van der Waals surface area contributed by atoms with E-state index in [9.17, 15) is 15.3 Å². The molecule has 3 fully saturated rings. The second kappa shape index (κ2) is 7.21. The fraction of sp³-hybridized carbons (Fsp3) is 0.867. The maximum Gasteiger partial charge on any atom is 0.0865 e. The summed E-state index contributed by atoms with van der Waals surface area (Å²) < 4.78 is 6.65. The number of hydrogen-bond acceptors (Lipinski definition) is 4. The fourth-order valence-electron chi connectivity index (χ4n) is 9.76. The average molecular weight is 473 g/mol. The van der Waals surface area contributed by atoms with Gasteiger partial charge in [0.15, 0.2) is 0 Å². The van der Waals surface area contributed by atoms with Crippen LogP contribution in [0.5, 0.6) is 0 Å². The van der Waals surface area contributed by atoms with Crippen molar-refractivity contribution in [3.05, 3.63) is 23.3 Å². The molecule has 1 saturated heterocycles. The first-order valence-electron chi connectivity index (χ1n) is 13.7. The Morgan fingerprint density at radius 2 is 1.53 bits per heavy atom. The summed E-state index contributed by atoms with van der Waals surface area (Å²) >= 11 is 0. The van der Waals surface area contributed by atoms with Crippen LogP contribution < -0.4 is 0 Å². The highest BCUT2D eigenvalue weighted by atomic mass is 16.5. The SMILES string of the molecule is CC(C)(O)[C@@H]1CC[C@](C)([C@H]2[C@@H](O)C[C@@]3(C)[C@@H]4CC=C5C(=CC[C@H](O)C5(C)C)[C@]4(C)CC[C@]23C)O1. The van der Waals surface area contributed by atoms with E-state index in [1.54, 1.807) is 0 Å². The second-order valence-electron chi connectivity index (χ2n) is 14.6. The fourth-order valence-corrected chi connectivity index (χ4v) is 9.76. The molecule has 5 aliphatic rings. The lowest BCUT2D eigenvalue weighted by Crippen LogP contribution is -2.58. The number of ether oxygens (including phenoxy) is 1. The van der Waals surface area contributed by atoms with Crippen molar-refractivity contribution in [2.75, 3.05) is 0 Å². The molecule has 0 aromatic heterocycles. The summed E-state index contributed by atoms with van der Waals surface area (Å²) in [7, 11) is 0. The first-order valence-corrected chi connectivity index (χ1v) is 13.7. The summed E-state index contributed by atoms with van der Waals surface area (Å²) in [5, 5.41) is 33.1. The van der Waals surface area contributed by atoms with Crippen molar-refractivity contribution >= 4 is 0 Å². The molecule has 5 rings (SSSR count). The van der Waals surface area contributed by atoms with Gasteiger partial charge in [0.1, 0.15) is 0 Å². The van der Waals surface area contributed by atoms with Crippen LogP contribution in [0.25, 0.3) is 0 Å². The van der Waals surface area contributed by atoms with Crippen LogP contribution in [0.2, 0.25) is 0 Å². The third kappa shape index (κ3) is 3.04. The zero-order valence-electron chi connectivity index (χ0n) is 22.7. The highest BCUT2D eigenvalue weighted by molar-refractivity contribution is 5.48. The average Bonchev–Trinajstić information content (AvgIpc) is 3.20. The number of hydrogen-bond donors (Lipinski definition) is 3. The van der Waals surface area contributed by atoms with Crippen molar-refractivity contribution in [1.82, 2.24) is 0 Å². The first-order chi connectivity index (χ1) is 15.5. The van der Waals surface area contributed by atoms with Crippen LogP contribution >= 0.6 is 0 Å². The van der Waals surface area contributed by atoms with E-state index in [1.165, 1.54) is 11.1 Å². The molecule has 3 N–H and O–H groups in total. The maximum atomic E-state index is 11.7. The number of fused-ring (bicyclic) bond motifs is 5. The largest absolute Gasteiger partial charge is 0.393 e. The quantitative estimate of drug-likeness (QED) is 0.493. The van der Waals surface area contributed by atoms with E-state index in [0.29, 0.717) is 5.92 Å². The normalized spacial score (nSPS) is 52.4. The Morgan fingerprint density at radius 1 is 0.882 bits per heavy atom. The molecule has 1 aliphatic heterocycles. The molecule has 4 aliphatic carbocycles. The topological polar surface area (TPSA) is 69.9 Å². The van der Waals surface area contributed by atoms with Gasteiger partial charge in [-0.25, -0.2) is 0 Å². The number of allylic oxidation sites excluding steroid dienone is 2. The summed E-state index contributed by atoms with van der Waals surface area (Å²) in [6.45, 7) is 17.6. The van der Waals surface area contributed by atoms with Crippen LogP contribution in [0, 0.1) is 33.5 Å². The highest BCUT2D eigenvalue weighted by Gasteiger charge is 2.71. The Bertz CT molecular complexity index is 927. The Balaban J connectivity index is 1.53. The summed E-state index contributed by atoms with van der Waals surface area (Å²) in [4.78, 5) is 0. The van der Waals surface area contributed by atoms with Gasteiger partial charge in [-0.3, -0.25) is 0 Å². The monoisotopic (exact) mass is 472 g/mol. The number of aliphatic hydroxyl groups is 3. The van der Waals surface area contributed by atoms with Crippen LogP contribution in [-0.2, 0) is 4.74 Å². The molecule has 0 unspecified atom stereocenters. The molecule has 34 heavy (non-hydrogen) atoms. The van der Waals surface area contributed by atoms with E-state index < -0.39 is 17.3 Å². The Labute approximate surface area is 206 Å². The van der Waals surface area contributed by atoms with Crippen LogP contribution in [0.4, 0.5) is 0 Å². The molecule has 4 nitrogen and oxygen atoms in total. The van der Waals surface area contributed by atoms with E-state index in [4.69, 9.17) is 4.74 Å². The van der Waals surface area contributed by atoms with Crippen molar-refractivity contribution in [3.63, 3.8) is 0 Å². The van der Waals surface area contributed by atoms with Gasteiger partial charge in [0, 0.05) is 11.3 Å². The standard InChI is InChI=1S/C30H48O4/c1-25(2)18-9-11-21-27(5,19(18)10-12-22(25)32)15-16-28(6)24(20(31)17-29(21,28)7)30(8)14-13-23(34-30)26(3,4)33/h9-10,20-24,31-33H,11-17H2,1-8H3/t20-,21+,22-,23-,24-,27-,28+,29-,30+/m0/s1. The molecule has 192 valence electrons. The Kier molecular flexibility index (Phi) is 5.30. The van der Waals surface area contributed by atoms with Gasteiger partial charge in [-0.1, -0.05) is 46.8 Å². The smallest absolute Gasteiger partial charge is 0.0865 e. The predicted octanol–water partition coefficient (Wildman–Crippen LogP) is 5.55. The van der Waals surface area contributed by atoms with E-state index in [-0.39, 0.29) is 39.8 Å².